The third-order valence-electron chi connectivity index (χ3n) is 6.24. The van der Waals surface area contributed by atoms with Crippen LogP contribution in [0, 0.1) is 29.1 Å². The van der Waals surface area contributed by atoms with Gasteiger partial charge >= 0.3 is 35.9 Å². The average molecular weight is 525 g/mol. The number of halogens is 6. The van der Waals surface area contributed by atoms with Crippen molar-refractivity contribution in [1.82, 2.24) is 0 Å². The molecule has 6 atom stereocenters. The molecule has 1 heterocycles. The first-order chi connectivity index (χ1) is 15.1. The number of fused-ring (bicyclic) bond motifs is 1. The highest BCUT2D eigenvalue weighted by Crippen LogP contribution is 2.60. The van der Waals surface area contributed by atoms with Crippen LogP contribution in [-0.4, -0.2) is 66.8 Å². The SMILES string of the molecule is CC(C)(C)C(=O)OC1C2CC3C1OC(=O)C3C2C(=O)OC(CS(=O)(=O)[O-])(C(F)(F)F)C(F)(F)F. The van der Waals surface area contributed by atoms with E-state index in [4.69, 9.17) is 9.47 Å². The lowest BCUT2D eigenvalue weighted by atomic mass is 9.78. The summed E-state index contributed by atoms with van der Waals surface area (Å²) in [7, 11) is -6.22. The highest BCUT2D eigenvalue weighted by Gasteiger charge is 2.77. The highest BCUT2D eigenvalue weighted by molar-refractivity contribution is 7.85. The van der Waals surface area contributed by atoms with Crippen molar-refractivity contribution < 1.29 is 67.9 Å². The second-order valence-corrected chi connectivity index (χ2v) is 11.0. The number of hydrogen-bond donors (Lipinski definition) is 0. The van der Waals surface area contributed by atoms with Crippen LogP contribution in [0.15, 0.2) is 0 Å². The van der Waals surface area contributed by atoms with Gasteiger partial charge in [-0.25, -0.2) is 8.42 Å². The summed E-state index contributed by atoms with van der Waals surface area (Å²) in [6.45, 7) is 4.38. The Kier molecular flexibility index (Phi) is 6.00. The minimum Gasteiger partial charge on any atom is -0.748 e. The average Bonchev–Trinajstić information content (AvgIpc) is 3.20. The molecule has 0 spiro atoms. The smallest absolute Gasteiger partial charge is 0.438 e. The fourth-order valence-electron chi connectivity index (χ4n) is 4.73. The molecule has 3 rings (SSSR count). The molecule has 0 aromatic heterocycles. The molecular weight excluding hydrogens is 506 g/mol. The second kappa shape index (κ2) is 7.70. The summed E-state index contributed by atoms with van der Waals surface area (Å²) in [4.78, 5) is 37.3. The first-order valence-corrected chi connectivity index (χ1v) is 11.4. The quantitative estimate of drug-likeness (QED) is 0.227. The number of hydrogen-bond acceptors (Lipinski definition) is 9. The molecule has 2 aliphatic carbocycles. The Balaban J connectivity index is 1.99. The van der Waals surface area contributed by atoms with E-state index in [2.05, 4.69) is 4.74 Å². The Bertz CT molecular complexity index is 983. The molecule has 34 heavy (non-hydrogen) atoms. The van der Waals surface area contributed by atoms with Crippen LogP contribution in [0.2, 0.25) is 0 Å². The minimum absolute atomic E-state index is 0.103. The maximum atomic E-state index is 13.5. The zero-order valence-corrected chi connectivity index (χ0v) is 18.5. The summed E-state index contributed by atoms with van der Waals surface area (Å²) in [6, 6.07) is 0. The summed E-state index contributed by atoms with van der Waals surface area (Å²) < 4.78 is 128. The molecule has 16 heteroatoms. The molecule has 1 saturated heterocycles. The zero-order chi connectivity index (χ0) is 26.2. The van der Waals surface area contributed by atoms with Crippen LogP contribution in [0.25, 0.3) is 0 Å². The van der Waals surface area contributed by atoms with Crippen molar-refractivity contribution in [2.24, 2.45) is 29.1 Å². The van der Waals surface area contributed by atoms with Gasteiger partial charge in [-0.1, -0.05) is 0 Å². The molecule has 9 nitrogen and oxygen atoms in total. The monoisotopic (exact) mass is 525 g/mol. The number of rotatable bonds is 5. The van der Waals surface area contributed by atoms with E-state index in [1.165, 1.54) is 20.8 Å². The number of carbonyl (C=O) groups excluding carboxylic acids is 3. The number of carbonyl (C=O) groups is 3. The van der Waals surface area contributed by atoms with E-state index in [0.29, 0.717) is 0 Å². The topological polar surface area (TPSA) is 136 Å². The van der Waals surface area contributed by atoms with Gasteiger partial charge in [-0.2, -0.15) is 26.3 Å². The lowest BCUT2D eigenvalue weighted by molar-refractivity contribution is -0.362. The van der Waals surface area contributed by atoms with E-state index in [9.17, 15) is 53.7 Å². The van der Waals surface area contributed by atoms with E-state index in [0.717, 1.165) is 0 Å². The van der Waals surface area contributed by atoms with Crippen molar-refractivity contribution in [1.29, 1.82) is 0 Å². The van der Waals surface area contributed by atoms with E-state index < -0.39 is 93.0 Å². The van der Waals surface area contributed by atoms with Crippen molar-refractivity contribution in [2.45, 2.75) is 57.4 Å². The molecule has 1 aliphatic heterocycles. The van der Waals surface area contributed by atoms with E-state index in [-0.39, 0.29) is 6.42 Å². The number of alkyl halides is 6. The van der Waals surface area contributed by atoms with Crippen LogP contribution in [-0.2, 0) is 38.7 Å². The Morgan fingerprint density at radius 3 is 2.03 bits per heavy atom. The van der Waals surface area contributed by atoms with Gasteiger partial charge in [-0.15, -0.1) is 0 Å². The van der Waals surface area contributed by atoms with Gasteiger partial charge in [0.05, 0.1) is 33.1 Å². The van der Waals surface area contributed by atoms with Crippen molar-refractivity contribution in [3.05, 3.63) is 0 Å². The van der Waals surface area contributed by atoms with Gasteiger partial charge in [-0.3, -0.25) is 14.4 Å². The molecule has 0 aromatic carbocycles. The van der Waals surface area contributed by atoms with Gasteiger partial charge in [0.1, 0.15) is 12.2 Å². The summed E-state index contributed by atoms with van der Waals surface area (Å²) in [5, 5.41) is 0. The van der Waals surface area contributed by atoms with Crippen LogP contribution < -0.4 is 0 Å². The van der Waals surface area contributed by atoms with Gasteiger partial charge in [0.2, 0.25) is 0 Å². The fourth-order valence-corrected chi connectivity index (χ4v) is 5.61. The maximum Gasteiger partial charge on any atom is 0.438 e. The highest BCUT2D eigenvalue weighted by atomic mass is 32.2. The Labute approximate surface area is 188 Å². The van der Waals surface area contributed by atoms with Gasteiger partial charge in [0.15, 0.2) is 0 Å². The van der Waals surface area contributed by atoms with Crippen LogP contribution in [0.1, 0.15) is 27.2 Å². The zero-order valence-electron chi connectivity index (χ0n) is 17.7. The predicted molar refractivity (Wildman–Crippen MR) is 93.3 cm³/mol. The molecule has 194 valence electrons. The van der Waals surface area contributed by atoms with Crippen molar-refractivity contribution in [3.8, 4) is 0 Å². The Morgan fingerprint density at radius 1 is 1.06 bits per heavy atom. The molecule has 2 bridgehead atoms. The molecule has 0 amide bonds. The molecule has 0 radical (unpaired) electrons. The largest absolute Gasteiger partial charge is 0.748 e. The van der Waals surface area contributed by atoms with Gasteiger partial charge in [0.25, 0.3) is 0 Å². The molecule has 0 N–H and O–H groups in total. The number of esters is 3. The molecule has 3 fully saturated rings. The first kappa shape index (κ1) is 26.5. The summed E-state index contributed by atoms with van der Waals surface area (Å²) in [5.41, 5.74) is -6.75. The van der Waals surface area contributed by atoms with Crippen LogP contribution in [0.5, 0.6) is 0 Å². The predicted octanol–water partition coefficient (Wildman–Crippen LogP) is 1.70. The Morgan fingerprint density at radius 2 is 1.59 bits per heavy atom. The second-order valence-electron chi connectivity index (χ2n) is 9.58. The normalized spacial score (nSPS) is 31.4. The maximum absolute atomic E-state index is 13.5. The molecule has 6 unspecified atom stereocenters. The lowest BCUT2D eigenvalue weighted by Gasteiger charge is -2.39. The van der Waals surface area contributed by atoms with Gasteiger partial charge in [-0.05, 0) is 27.2 Å². The number of ether oxygens (including phenoxy) is 3. The van der Waals surface area contributed by atoms with Gasteiger partial charge in [0, 0.05) is 11.8 Å². The van der Waals surface area contributed by atoms with Crippen molar-refractivity contribution >= 4 is 28.0 Å². The summed E-state index contributed by atoms with van der Waals surface area (Å²) in [5.74, 6) is -12.8. The summed E-state index contributed by atoms with van der Waals surface area (Å²) in [6.07, 6.45) is -15.6. The Hall–Kier alpha value is -2.10. The van der Waals surface area contributed by atoms with E-state index in [1.807, 2.05) is 0 Å². The standard InChI is InChI=1S/C18H20F6O9S/c1-15(2,3)14(27)32-11-7-4-6-8(12(25)31-10(6)11)9(7)13(26)33-16(17(19,20)21,18(22,23)24)5-34(28,29)30/h6-11H,4-5H2,1-3H3,(H,28,29,30)/p-1. The summed E-state index contributed by atoms with van der Waals surface area (Å²) >= 11 is 0. The van der Waals surface area contributed by atoms with Gasteiger partial charge < -0.3 is 18.8 Å². The lowest BCUT2D eigenvalue weighted by Crippen LogP contribution is -2.64. The van der Waals surface area contributed by atoms with E-state index in [1.54, 1.807) is 0 Å². The molecule has 0 aromatic rings. The fraction of sp³-hybridized carbons (Fsp3) is 0.833. The minimum atomic E-state index is -6.55. The van der Waals surface area contributed by atoms with Crippen LogP contribution in [0.3, 0.4) is 0 Å². The van der Waals surface area contributed by atoms with Crippen LogP contribution in [0.4, 0.5) is 26.3 Å². The van der Waals surface area contributed by atoms with Crippen LogP contribution >= 0.6 is 0 Å². The molecular formula is C18H19F6O9S-. The van der Waals surface area contributed by atoms with Crippen molar-refractivity contribution in [2.75, 3.05) is 5.75 Å². The third kappa shape index (κ3) is 4.22. The molecule has 2 saturated carbocycles. The third-order valence-corrected chi connectivity index (χ3v) is 7.00. The van der Waals surface area contributed by atoms with Crippen molar-refractivity contribution in [3.63, 3.8) is 0 Å². The van der Waals surface area contributed by atoms with E-state index >= 15 is 0 Å². The molecule has 3 aliphatic rings. The first-order valence-electron chi connectivity index (χ1n) is 9.82.